The van der Waals surface area contributed by atoms with Gasteiger partial charge >= 0.3 is 11.9 Å². The van der Waals surface area contributed by atoms with Gasteiger partial charge in [-0.2, -0.15) is 0 Å². The summed E-state index contributed by atoms with van der Waals surface area (Å²) >= 11 is 0. The van der Waals surface area contributed by atoms with Crippen LogP contribution < -0.4 is 21.7 Å². The molecule has 1 fully saturated rings. The minimum absolute atomic E-state index is 0.00490. The molecule has 3 rings (SSSR count). The highest BCUT2D eigenvalue weighted by Crippen LogP contribution is 2.20. The van der Waals surface area contributed by atoms with Crippen LogP contribution in [0.1, 0.15) is 45.6 Å². The molecule has 3 amide bonds. The van der Waals surface area contributed by atoms with Gasteiger partial charge in [0.25, 0.3) is 6.47 Å². The normalized spacial score (nSPS) is 15.1. The number of nitrogens with one attached hydrogen (secondary N) is 3. The number of carboxylic acid groups (broad SMARTS) is 3. The summed E-state index contributed by atoms with van der Waals surface area (Å²) in [5, 5.41) is 34.3. The number of benzene rings is 2. The highest BCUT2D eigenvalue weighted by atomic mass is 16.4. The molecule has 1 unspecified atom stereocenters. The van der Waals surface area contributed by atoms with Crippen molar-refractivity contribution in [3.63, 3.8) is 0 Å². The highest BCUT2D eigenvalue weighted by Gasteiger charge is 2.23. The molecule has 1 saturated heterocycles. The molecule has 2 aromatic carbocycles. The van der Waals surface area contributed by atoms with Gasteiger partial charge in [-0.3, -0.25) is 43.5 Å². The first-order valence-corrected chi connectivity index (χ1v) is 20.3. The molecule has 17 nitrogen and oxygen atoms in total. The molecule has 0 aromatic heterocycles. The van der Waals surface area contributed by atoms with E-state index in [9.17, 15) is 34.2 Å². The van der Waals surface area contributed by atoms with Crippen LogP contribution >= 0.6 is 0 Å². The maximum Gasteiger partial charge on any atom is 0.317 e. The summed E-state index contributed by atoms with van der Waals surface area (Å²) in [4.78, 5) is 78.8. The molecule has 2 aromatic rings. The van der Waals surface area contributed by atoms with Gasteiger partial charge in [0.1, 0.15) is 6.04 Å². The average molecular weight is 829 g/mol. The lowest BCUT2D eigenvalue weighted by molar-refractivity contribution is -0.140. The predicted molar refractivity (Wildman–Crippen MR) is 228 cm³/mol. The predicted octanol–water partition coefficient (Wildman–Crippen LogP) is 1.13. The number of rotatable bonds is 19. The largest absolute Gasteiger partial charge is 0.483 e. The standard InChI is InChI=1S/C40H61N7O7.CH5N.CH2O2/c1-4-44-18-20-45(22-23-47(30-39(52)53)25-24-46(21-19-44)29-38(50)51)28-37(49)42-27-36(48)43-35(40(54)41-17-9-8-10-31(2)3)26-32-13-15-34(16-14-32)33-11-6-5-7-12-33;1-2;2-1-3/h5-7,11-16,31,35H,4,8-10,17-30H2,1-3H3,(H,41,54)(H,42,49)(H,43,48)(H,50,51)(H,52,53);2H2,1H3;1H,(H,2,3). The van der Waals surface area contributed by atoms with Crippen LogP contribution in [-0.2, 0) is 35.2 Å². The summed E-state index contributed by atoms with van der Waals surface area (Å²) in [6, 6.07) is 17.1. The van der Waals surface area contributed by atoms with Gasteiger partial charge in [0.2, 0.25) is 17.7 Å². The Morgan fingerprint density at radius 1 is 0.695 bits per heavy atom. The molecule has 1 atom stereocenters. The summed E-state index contributed by atoms with van der Waals surface area (Å²) < 4.78 is 0. The molecule has 0 radical (unpaired) electrons. The lowest BCUT2D eigenvalue weighted by Gasteiger charge is -2.33. The molecule has 1 aliphatic heterocycles. The van der Waals surface area contributed by atoms with E-state index in [0.29, 0.717) is 64.8 Å². The number of carbonyl (C=O) groups excluding carboxylic acids is 3. The van der Waals surface area contributed by atoms with Crippen LogP contribution in [0.2, 0.25) is 0 Å². The summed E-state index contributed by atoms with van der Waals surface area (Å²) in [6.07, 6.45) is 3.20. The molecular formula is C42H68N8O9. The van der Waals surface area contributed by atoms with Gasteiger partial charge in [0, 0.05) is 65.3 Å². The molecule has 0 aliphatic carbocycles. The molecule has 8 N–H and O–H groups in total. The zero-order chi connectivity index (χ0) is 44.0. The van der Waals surface area contributed by atoms with E-state index >= 15 is 0 Å². The van der Waals surface area contributed by atoms with Crippen LogP contribution in [-0.4, -0.2) is 176 Å². The first-order valence-electron chi connectivity index (χ1n) is 20.3. The van der Waals surface area contributed by atoms with E-state index in [0.717, 1.165) is 42.5 Å². The van der Waals surface area contributed by atoms with Crippen LogP contribution in [0.5, 0.6) is 0 Å². The first-order chi connectivity index (χ1) is 28.3. The van der Waals surface area contributed by atoms with Crippen LogP contribution in [0.3, 0.4) is 0 Å². The molecule has 0 bridgehead atoms. The Labute approximate surface area is 349 Å². The van der Waals surface area contributed by atoms with Crippen molar-refractivity contribution >= 4 is 36.1 Å². The number of nitrogens with zero attached hydrogens (tertiary/aromatic N) is 4. The number of hydrogen-bond donors (Lipinski definition) is 7. The van der Waals surface area contributed by atoms with Gasteiger partial charge in [0.05, 0.1) is 26.2 Å². The minimum Gasteiger partial charge on any atom is -0.483 e. The third-order valence-electron chi connectivity index (χ3n) is 9.57. The number of hydrogen-bond acceptors (Lipinski definition) is 11. The SMILES string of the molecule is CCN1CCN(CC(=O)O)CCN(CC(=O)O)CCN(CC(=O)NCC(=O)NC(Cc2ccc(-c3ccccc3)cc2)C(=O)NCCCCC(C)C)CC1.CN.O=CO. The number of amides is 3. The van der Waals surface area contributed by atoms with Crippen molar-refractivity contribution < 1.29 is 44.1 Å². The lowest BCUT2D eigenvalue weighted by Crippen LogP contribution is -2.52. The second-order valence-corrected chi connectivity index (χ2v) is 14.5. The fourth-order valence-corrected chi connectivity index (χ4v) is 6.36. The second-order valence-electron chi connectivity index (χ2n) is 14.5. The Balaban J connectivity index is 0.00000332. The number of carboxylic acids is 2. The van der Waals surface area contributed by atoms with Crippen LogP contribution in [0.15, 0.2) is 54.6 Å². The Hall–Kier alpha value is -4.94. The third kappa shape index (κ3) is 23.9. The van der Waals surface area contributed by atoms with Crippen molar-refractivity contribution in [2.24, 2.45) is 11.7 Å². The molecule has 1 aliphatic rings. The van der Waals surface area contributed by atoms with Gasteiger partial charge in [0.15, 0.2) is 0 Å². The zero-order valence-electron chi connectivity index (χ0n) is 35.3. The van der Waals surface area contributed by atoms with E-state index < -0.39 is 23.9 Å². The van der Waals surface area contributed by atoms with E-state index in [1.165, 1.54) is 7.05 Å². The second kappa shape index (κ2) is 31.0. The zero-order valence-corrected chi connectivity index (χ0v) is 35.3. The van der Waals surface area contributed by atoms with Crippen LogP contribution in [0.4, 0.5) is 0 Å². The first kappa shape index (κ1) is 52.1. The molecule has 59 heavy (non-hydrogen) atoms. The van der Waals surface area contributed by atoms with Crippen LogP contribution in [0, 0.1) is 5.92 Å². The maximum atomic E-state index is 13.3. The quantitative estimate of drug-likeness (QED) is 0.0777. The number of unbranched alkanes of at least 4 members (excludes halogenated alkanes) is 1. The molecular weight excluding hydrogens is 761 g/mol. The topological polar surface area (TPSA) is 238 Å². The minimum atomic E-state index is -0.985. The van der Waals surface area contributed by atoms with E-state index in [4.69, 9.17) is 9.90 Å². The molecule has 1 heterocycles. The summed E-state index contributed by atoms with van der Waals surface area (Å²) in [5.41, 5.74) is 7.52. The van der Waals surface area contributed by atoms with Gasteiger partial charge in [-0.15, -0.1) is 0 Å². The van der Waals surface area contributed by atoms with Crippen molar-refractivity contribution in [3.8, 4) is 11.1 Å². The molecule has 17 heteroatoms. The highest BCUT2D eigenvalue weighted by molar-refractivity contribution is 5.90. The van der Waals surface area contributed by atoms with Crippen molar-refractivity contribution in [2.45, 2.75) is 52.5 Å². The molecule has 330 valence electrons. The molecule has 0 saturated carbocycles. The van der Waals surface area contributed by atoms with Gasteiger partial charge in [-0.05, 0) is 42.6 Å². The summed E-state index contributed by atoms with van der Waals surface area (Å²) in [7, 11) is 1.50. The van der Waals surface area contributed by atoms with E-state index in [-0.39, 0.29) is 50.9 Å². The monoisotopic (exact) mass is 829 g/mol. The van der Waals surface area contributed by atoms with Crippen molar-refractivity contribution in [3.05, 3.63) is 60.2 Å². The van der Waals surface area contributed by atoms with Gasteiger partial charge in [-0.25, -0.2) is 0 Å². The Morgan fingerprint density at radius 3 is 1.64 bits per heavy atom. The maximum absolute atomic E-state index is 13.3. The Bertz CT molecular complexity index is 1520. The summed E-state index contributed by atoms with van der Waals surface area (Å²) in [5.74, 6) is -2.44. The number of aliphatic carboxylic acids is 2. The Kier molecular flexibility index (Phi) is 27.4. The van der Waals surface area contributed by atoms with E-state index in [2.05, 4.69) is 40.4 Å². The smallest absolute Gasteiger partial charge is 0.317 e. The summed E-state index contributed by atoms with van der Waals surface area (Å²) in [6.45, 7) is 10.6. The van der Waals surface area contributed by atoms with Crippen molar-refractivity contribution in [2.75, 3.05) is 98.7 Å². The van der Waals surface area contributed by atoms with Crippen molar-refractivity contribution in [1.82, 2.24) is 35.6 Å². The number of nitrogens with two attached hydrogens (primary N) is 1. The van der Waals surface area contributed by atoms with E-state index in [1.807, 2.05) is 71.3 Å². The Morgan fingerprint density at radius 2 is 1.17 bits per heavy atom. The molecule has 0 spiro atoms. The lowest BCUT2D eigenvalue weighted by atomic mass is 10.00. The van der Waals surface area contributed by atoms with Crippen molar-refractivity contribution in [1.29, 1.82) is 0 Å². The van der Waals surface area contributed by atoms with Gasteiger partial charge in [-0.1, -0.05) is 88.2 Å². The fraction of sp³-hybridized carbons (Fsp3) is 0.571. The van der Waals surface area contributed by atoms with Gasteiger partial charge < -0.3 is 41.9 Å². The number of carbonyl (C=O) groups is 6. The fourth-order valence-electron chi connectivity index (χ4n) is 6.36. The average Bonchev–Trinajstić information content (AvgIpc) is 3.20. The van der Waals surface area contributed by atoms with Crippen LogP contribution in [0.25, 0.3) is 11.1 Å². The third-order valence-corrected chi connectivity index (χ3v) is 9.57. The number of likely N-dealkylation sites (N-methyl/N-ethyl adjacent to an activating group) is 1. The van der Waals surface area contributed by atoms with E-state index in [1.54, 1.807) is 4.90 Å².